The van der Waals surface area contributed by atoms with Gasteiger partial charge in [-0.1, -0.05) is 74.3 Å². The number of amides is 3. The zero-order chi connectivity index (χ0) is 30.4. The van der Waals surface area contributed by atoms with Crippen LogP contribution in [0.3, 0.4) is 0 Å². The van der Waals surface area contributed by atoms with Gasteiger partial charge >= 0.3 is 12.0 Å². The second-order valence-electron chi connectivity index (χ2n) is 12.0. The summed E-state index contributed by atoms with van der Waals surface area (Å²) in [5.74, 6) is -1.80. The van der Waals surface area contributed by atoms with Crippen molar-refractivity contribution in [2.45, 2.75) is 45.2 Å². The summed E-state index contributed by atoms with van der Waals surface area (Å²) >= 11 is 12.6. The van der Waals surface area contributed by atoms with Gasteiger partial charge in [-0.15, -0.1) is 0 Å². The quantitative estimate of drug-likeness (QED) is 0.300. The molecule has 2 aliphatic heterocycles. The number of halogens is 3. The third kappa shape index (κ3) is 5.22. The van der Waals surface area contributed by atoms with Crippen LogP contribution in [0.25, 0.3) is 0 Å². The third-order valence-corrected chi connectivity index (χ3v) is 8.60. The second-order valence-corrected chi connectivity index (χ2v) is 12.9. The highest BCUT2D eigenvalue weighted by atomic mass is 35.5. The van der Waals surface area contributed by atoms with Crippen LogP contribution in [0.5, 0.6) is 0 Å². The largest absolute Gasteiger partial charge is 0.465 e. The fourth-order valence-corrected chi connectivity index (χ4v) is 6.78. The van der Waals surface area contributed by atoms with Crippen LogP contribution in [0, 0.1) is 17.2 Å². The molecule has 3 amide bonds. The van der Waals surface area contributed by atoms with Gasteiger partial charge in [0.1, 0.15) is 11.2 Å². The number of benzene rings is 3. The predicted octanol–water partition coefficient (Wildman–Crippen LogP) is 7.13. The van der Waals surface area contributed by atoms with Crippen LogP contribution >= 0.6 is 23.2 Å². The van der Waals surface area contributed by atoms with E-state index in [4.69, 9.17) is 27.9 Å². The van der Waals surface area contributed by atoms with Gasteiger partial charge in [-0.25, -0.2) is 14.0 Å². The first-order chi connectivity index (χ1) is 19.9. The summed E-state index contributed by atoms with van der Waals surface area (Å²) in [7, 11) is 1.31. The van der Waals surface area contributed by atoms with E-state index in [0.29, 0.717) is 28.3 Å². The van der Waals surface area contributed by atoms with Crippen LogP contribution in [0.4, 0.5) is 14.9 Å². The van der Waals surface area contributed by atoms with E-state index in [1.54, 1.807) is 59.5 Å². The summed E-state index contributed by atoms with van der Waals surface area (Å²) in [5, 5.41) is 6.28. The number of anilines is 1. The number of rotatable bonds is 5. The van der Waals surface area contributed by atoms with Crippen LogP contribution < -0.4 is 10.6 Å². The number of hydrogen-bond acceptors (Lipinski definition) is 4. The topological polar surface area (TPSA) is 87.7 Å². The molecule has 0 unspecified atom stereocenters. The standard InChI is InChI=1S/C32H32Cl2FN3O4/c1-31(2,3)15-20-17-38(30(41)36-16-18-8-10-19(11-9-18)28(39)42-4)27(22-6-5-7-24(34)26(22)35)32(20)23-13-12-21(33)14-25(23)37-29(32)40/h5-14,20,27H,15-17H2,1-4H3,(H,36,41)(H,37,40)/t20-,27-,32+/m1/s1. The van der Waals surface area contributed by atoms with E-state index in [9.17, 15) is 14.4 Å². The Kier molecular flexibility index (Phi) is 7.98. The molecule has 10 heteroatoms. The summed E-state index contributed by atoms with van der Waals surface area (Å²) < 4.78 is 20.6. The van der Waals surface area contributed by atoms with E-state index in [-0.39, 0.29) is 40.9 Å². The molecule has 7 nitrogen and oxygen atoms in total. The molecule has 0 saturated carbocycles. The number of hydrogen-bond donors (Lipinski definition) is 2. The second kappa shape index (κ2) is 11.2. The van der Waals surface area contributed by atoms with Crippen molar-refractivity contribution in [2.75, 3.05) is 19.0 Å². The van der Waals surface area contributed by atoms with Crippen LogP contribution in [-0.2, 0) is 21.5 Å². The Morgan fingerprint density at radius 3 is 2.50 bits per heavy atom. The molecule has 3 aromatic carbocycles. The van der Waals surface area contributed by atoms with Gasteiger partial charge in [0.2, 0.25) is 5.91 Å². The van der Waals surface area contributed by atoms with E-state index in [1.807, 2.05) is 0 Å². The first kappa shape index (κ1) is 29.9. The Labute approximate surface area is 254 Å². The number of ether oxygens (including phenoxy) is 1. The van der Waals surface area contributed by atoms with Crippen LogP contribution in [0.1, 0.15) is 60.3 Å². The lowest BCUT2D eigenvalue weighted by molar-refractivity contribution is -0.123. The molecular weight excluding hydrogens is 580 g/mol. The number of likely N-dealkylation sites (tertiary alicyclic amines) is 1. The number of carbonyl (C=O) groups excluding carboxylic acids is 3. The van der Waals surface area contributed by atoms with Gasteiger partial charge in [0.15, 0.2) is 0 Å². The van der Waals surface area contributed by atoms with Gasteiger partial charge in [0.05, 0.1) is 23.7 Å². The zero-order valence-electron chi connectivity index (χ0n) is 23.8. The van der Waals surface area contributed by atoms with Gasteiger partial charge in [0, 0.05) is 29.4 Å². The highest BCUT2D eigenvalue weighted by molar-refractivity contribution is 6.31. The minimum absolute atomic E-state index is 0.0947. The Bertz CT molecular complexity index is 1560. The average Bonchev–Trinajstić information content (AvgIpc) is 3.42. The van der Waals surface area contributed by atoms with Gasteiger partial charge < -0.3 is 20.3 Å². The molecule has 5 rings (SSSR count). The predicted molar refractivity (Wildman–Crippen MR) is 160 cm³/mol. The lowest BCUT2D eigenvalue weighted by atomic mass is 9.63. The molecule has 2 heterocycles. The van der Waals surface area contributed by atoms with Crippen LogP contribution in [0.2, 0.25) is 10.0 Å². The van der Waals surface area contributed by atoms with Crippen molar-refractivity contribution >= 4 is 46.8 Å². The summed E-state index contributed by atoms with van der Waals surface area (Å²) in [6, 6.07) is 15.1. The maximum Gasteiger partial charge on any atom is 0.337 e. The van der Waals surface area contributed by atoms with Crippen molar-refractivity contribution in [3.8, 4) is 0 Å². The molecule has 0 aliphatic carbocycles. The normalized spacial score (nSPS) is 21.3. The Morgan fingerprint density at radius 1 is 1.12 bits per heavy atom. The number of fused-ring (bicyclic) bond motifs is 2. The van der Waals surface area contributed by atoms with Crippen LogP contribution in [0.15, 0.2) is 60.7 Å². The molecular formula is C32H32Cl2FN3O4. The van der Waals surface area contributed by atoms with Gasteiger partial charge in [-0.2, -0.15) is 0 Å². The first-order valence-corrected chi connectivity index (χ1v) is 14.4. The highest BCUT2D eigenvalue weighted by Gasteiger charge is 2.65. The Balaban J connectivity index is 1.59. The lowest BCUT2D eigenvalue weighted by Gasteiger charge is -2.38. The maximum absolute atomic E-state index is 15.9. The highest BCUT2D eigenvalue weighted by Crippen LogP contribution is 2.60. The van der Waals surface area contributed by atoms with E-state index >= 15 is 4.39 Å². The van der Waals surface area contributed by atoms with E-state index in [1.165, 1.54) is 13.2 Å². The first-order valence-electron chi connectivity index (χ1n) is 13.6. The van der Waals surface area contributed by atoms with Crippen molar-refractivity contribution in [1.82, 2.24) is 10.2 Å². The monoisotopic (exact) mass is 611 g/mol. The average molecular weight is 613 g/mol. The molecule has 0 aromatic heterocycles. The number of esters is 1. The number of carbonyl (C=O) groups is 3. The SMILES string of the molecule is COC(=O)c1ccc(CNC(=O)N2C[C@@H](CC(C)(C)C)[C@@]3(C(=O)Nc4cc(Cl)ccc43)[C@H]2c2cccc(Cl)c2F)cc1. The van der Waals surface area contributed by atoms with E-state index < -0.39 is 29.3 Å². The molecule has 3 atom stereocenters. The number of nitrogens with one attached hydrogen (secondary N) is 2. The van der Waals surface area contributed by atoms with Crippen molar-refractivity contribution in [1.29, 1.82) is 0 Å². The Morgan fingerprint density at radius 2 is 1.83 bits per heavy atom. The number of methoxy groups -OCH3 is 1. The van der Waals surface area contributed by atoms with Gasteiger partial charge in [-0.3, -0.25) is 4.79 Å². The van der Waals surface area contributed by atoms with Crippen LogP contribution in [-0.4, -0.2) is 36.5 Å². The lowest BCUT2D eigenvalue weighted by Crippen LogP contribution is -2.47. The van der Waals surface area contributed by atoms with Crippen molar-refractivity contribution in [2.24, 2.45) is 11.3 Å². The zero-order valence-corrected chi connectivity index (χ0v) is 25.3. The summed E-state index contributed by atoms with van der Waals surface area (Å²) in [6.45, 7) is 6.58. The molecule has 0 radical (unpaired) electrons. The van der Waals surface area contributed by atoms with E-state index in [0.717, 1.165) is 5.56 Å². The Hall–Kier alpha value is -3.62. The molecule has 3 aromatic rings. The summed E-state index contributed by atoms with van der Waals surface area (Å²) in [5.41, 5.74) is 1.02. The molecule has 1 spiro atoms. The minimum Gasteiger partial charge on any atom is -0.465 e. The molecule has 1 saturated heterocycles. The molecule has 0 bridgehead atoms. The molecule has 1 fully saturated rings. The minimum atomic E-state index is -1.29. The molecule has 42 heavy (non-hydrogen) atoms. The molecule has 2 aliphatic rings. The summed E-state index contributed by atoms with van der Waals surface area (Å²) in [4.78, 5) is 41.5. The smallest absolute Gasteiger partial charge is 0.337 e. The molecule has 220 valence electrons. The maximum atomic E-state index is 15.9. The number of urea groups is 1. The van der Waals surface area contributed by atoms with Crippen molar-refractivity contribution in [3.63, 3.8) is 0 Å². The van der Waals surface area contributed by atoms with Crippen molar-refractivity contribution < 1.29 is 23.5 Å². The van der Waals surface area contributed by atoms with E-state index in [2.05, 4.69) is 31.4 Å². The molecule has 2 N–H and O–H groups in total. The van der Waals surface area contributed by atoms with Gasteiger partial charge in [-0.05, 0) is 59.2 Å². The third-order valence-electron chi connectivity index (χ3n) is 8.07. The number of nitrogens with zero attached hydrogens (tertiary/aromatic N) is 1. The fraction of sp³-hybridized carbons (Fsp3) is 0.344. The van der Waals surface area contributed by atoms with Gasteiger partial charge in [0.25, 0.3) is 0 Å². The fourth-order valence-electron chi connectivity index (χ4n) is 6.43. The summed E-state index contributed by atoms with van der Waals surface area (Å²) in [6.07, 6.45) is 0.583. The van der Waals surface area contributed by atoms with Crippen molar-refractivity contribution in [3.05, 3.63) is 98.8 Å².